The lowest BCUT2D eigenvalue weighted by Crippen LogP contribution is -2.53. The summed E-state index contributed by atoms with van der Waals surface area (Å²) in [5.41, 5.74) is 0.372. The summed E-state index contributed by atoms with van der Waals surface area (Å²) >= 11 is 11.9. The Morgan fingerprint density at radius 2 is 2.10 bits per heavy atom. The van der Waals surface area contributed by atoms with Crippen LogP contribution in [0.2, 0.25) is 10.0 Å². The van der Waals surface area contributed by atoms with E-state index in [9.17, 15) is 14.7 Å². The molecular formula is C14H16Cl2N2O3. The Kier molecular flexibility index (Phi) is 4.96. The first-order valence-corrected chi connectivity index (χ1v) is 7.41. The van der Waals surface area contributed by atoms with Crippen LogP contribution in [-0.2, 0) is 4.79 Å². The Hall–Kier alpha value is -1.46. The number of benzene rings is 1. The molecule has 21 heavy (non-hydrogen) atoms. The van der Waals surface area contributed by atoms with Crippen molar-refractivity contribution in [1.29, 1.82) is 0 Å². The Balaban J connectivity index is 2.18. The Morgan fingerprint density at radius 1 is 1.38 bits per heavy atom. The summed E-state index contributed by atoms with van der Waals surface area (Å²) in [6, 6.07) is 3.43. The first-order chi connectivity index (χ1) is 9.90. The smallest absolute Gasteiger partial charge is 0.326 e. The number of urea groups is 1. The second-order valence-electron chi connectivity index (χ2n) is 5.15. The van der Waals surface area contributed by atoms with Crippen LogP contribution in [-0.4, -0.2) is 34.6 Å². The molecule has 5 nitrogen and oxygen atoms in total. The van der Waals surface area contributed by atoms with Gasteiger partial charge in [0.25, 0.3) is 0 Å². The topological polar surface area (TPSA) is 69.6 Å². The molecule has 1 aliphatic rings. The average molecular weight is 331 g/mol. The number of anilines is 1. The molecule has 0 spiro atoms. The highest BCUT2D eigenvalue weighted by molar-refractivity contribution is 6.35. The van der Waals surface area contributed by atoms with Gasteiger partial charge in [0, 0.05) is 11.6 Å². The van der Waals surface area contributed by atoms with Crippen molar-refractivity contribution in [3.8, 4) is 0 Å². The maximum atomic E-state index is 12.3. The zero-order chi connectivity index (χ0) is 15.6. The number of carboxylic acids is 1. The van der Waals surface area contributed by atoms with E-state index in [1.165, 1.54) is 11.0 Å². The summed E-state index contributed by atoms with van der Waals surface area (Å²) in [7, 11) is 0. The molecule has 2 unspecified atom stereocenters. The number of piperidine rings is 1. The van der Waals surface area contributed by atoms with Crippen molar-refractivity contribution in [2.24, 2.45) is 5.92 Å². The van der Waals surface area contributed by atoms with Crippen molar-refractivity contribution in [2.45, 2.75) is 25.8 Å². The number of hydrogen-bond donors (Lipinski definition) is 2. The zero-order valence-electron chi connectivity index (χ0n) is 11.5. The van der Waals surface area contributed by atoms with E-state index in [1.54, 1.807) is 12.1 Å². The number of amides is 2. The first-order valence-electron chi connectivity index (χ1n) is 6.65. The molecule has 1 aromatic carbocycles. The highest BCUT2D eigenvalue weighted by Crippen LogP contribution is 2.28. The van der Waals surface area contributed by atoms with E-state index in [4.69, 9.17) is 23.2 Å². The SMILES string of the molecule is CC1CCCN(C(=O)Nc2cc(Cl)ccc2Cl)C1C(=O)O. The monoisotopic (exact) mass is 330 g/mol. The molecule has 1 heterocycles. The second-order valence-corrected chi connectivity index (χ2v) is 5.99. The molecule has 0 aromatic heterocycles. The highest BCUT2D eigenvalue weighted by Gasteiger charge is 2.37. The largest absolute Gasteiger partial charge is 0.480 e. The van der Waals surface area contributed by atoms with Gasteiger partial charge in [-0.25, -0.2) is 9.59 Å². The van der Waals surface area contributed by atoms with Crippen LogP contribution < -0.4 is 5.32 Å². The fraction of sp³-hybridized carbons (Fsp3) is 0.429. The highest BCUT2D eigenvalue weighted by atomic mass is 35.5. The van der Waals surface area contributed by atoms with Crippen LogP contribution in [0.3, 0.4) is 0 Å². The molecule has 0 saturated carbocycles. The molecule has 0 radical (unpaired) electrons. The number of nitrogens with one attached hydrogen (secondary N) is 1. The minimum atomic E-state index is -0.991. The van der Waals surface area contributed by atoms with E-state index in [2.05, 4.69) is 5.32 Å². The van der Waals surface area contributed by atoms with E-state index in [1.807, 2.05) is 6.92 Å². The Labute approximate surface area is 132 Å². The van der Waals surface area contributed by atoms with Crippen LogP contribution in [0.5, 0.6) is 0 Å². The van der Waals surface area contributed by atoms with E-state index in [0.29, 0.717) is 22.3 Å². The van der Waals surface area contributed by atoms with Gasteiger partial charge in [0.15, 0.2) is 0 Å². The van der Waals surface area contributed by atoms with Crippen molar-refractivity contribution >= 4 is 40.9 Å². The van der Waals surface area contributed by atoms with Crippen LogP contribution in [0.15, 0.2) is 18.2 Å². The molecule has 2 rings (SSSR count). The van der Waals surface area contributed by atoms with Gasteiger partial charge >= 0.3 is 12.0 Å². The second kappa shape index (κ2) is 6.54. The standard InChI is InChI=1S/C14H16Cl2N2O3/c1-8-3-2-6-18(12(8)13(19)20)14(21)17-11-7-9(15)4-5-10(11)16/h4-5,7-8,12H,2-3,6H2,1H3,(H,17,21)(H,19,20). The number of carbonyl (C=O) groups excluding carboxylic acids is 1. The van der Waals surface area contributed by atoms with Gasteiger partial charge in [0.1, 0.15) is 6.04 Å². The molecule has 1 fully saturated rings. The van der Waals surface area contributed by atoms with Gasteiger partial charge in [0.2, 0.25) is 0 Å². The number of halogens is 2. The predicted molar refractivity (Wildman–Crippen MR) is 82.0 cm³/mol. The summed E-state index contributed by atoms with van der Waals surface area (Å²) in [4.78, 5) is 25.1. The number of rotatable bonds is 2. The van der Waals surface area contributed by atoms with Gasteiger partial charge in [-0.15, -0.1) is 0 Å². The average Bonchev–Trinajstić information content (AvgIpc) is 2.42. The molecular weight excluding hydrogens is 315 g/mol. The van der Waals surface area contributed by atoms with E-state index in [-0.39, 0.29) is 5.92 Å². The number of likely N-dealkylation sites (tertiary alicyclic amines) is 1. The van der Waals surface area contributed by atoms with Gasteiger partial charge in [-0.05, 0) is 37.0 Å². The van der Waals surface area contributed by atoms with E-state index < -0.39 is 18.0 Å². The van der Waals surface area contributed by atoms with Crippen LogP contribution in [0.4, 0.5) is 10.5 Å². The maximum Gasteiger partial charge on any atom is 0.326 e. The molecule has 1 saturated heterocycles. The molecule has 1 aromatic rings. The van der Waals surface area contributed by atoms with Gasteiger partial charge in [-0.3, -0.25) is 0 Å². The fourth-order valence-electron chi connectivity index (χ4n) is 2.57. The minimum Gasteiger partial charge on any atom is -0.480 e. The lowest BCUT2D eigenvalue weighted by molar-refractivity contribution is -0.145. The van der Waals surface area contributed by atoms with Gasteiger partial charge in [-0.1, -0.05) is 30.1 Å². The molecule has 7 heteroatoms. The first kappa shape index (κ1) is 15.9. The minimum absolute atomic E-state index is 0.0863. The molecule has 2 atom stereocenters. The number of carboxylic acid groups (broad SMARTS) is 1. The third-order valence-electron chi connectivity index (χ3n) is 3.62. The fourth-order valence-corrected chi connectivity index (χ4v) is 2.91. The Morgan fingerprint density at radius 3 is 2.76 bits per heavy atom. The summed E-state index contributed by atoms with van der Waals surface area (Å²) in [5.74, 6) is -1.08. The number of hydrogen-bond acceptors (Lipinski definition) is 2. The van der Waals surface area contributed by atoms with Gasteiger partial charge in [0.05, 0.1) is 10.7 Å². The van der Waals surface area contributed by atoms with Crippen molar-refractivity contribution in [3.05, 3.63) is 28.2 Å². The van der Waals surface area contributed by atoms with E-state index >= 15 is 0 Å². The molecule has 1 aliphatic heterocycles. The lowest BCUT2D eigenvalue weighted by atomic mass is 9.91. The van der Waals surface area contributed by atoms with Crippen LogP contribution in [0.25, 0.3) is 0 Å². The van der Waals surface area contributed by atoms with Crippen molar-refractivity contribution in [2.75, 3.05) is 11.9 Å². The quantitative estimate of drug-likeness (QED) is 0.868. The van der Waals surface area contributed by atoms with Crippen LogP contribution in [0.1, 0.15) is 19.8 Å². The number of nitrogens with zero attached hydrogens (tertiary/aromatic N) is 1. The van der Waals surface area contributed by atoms with E-state index in [0.717, 1.165) is 12.8 Å². The van der Waals surface area contributed by atoms with Gasteiger partial charge in [-0.2, -0.15) is 0 Å². The summed E-state index contributed by atoms with van der Waals surface area (Å²) in [6.07, 6.45) is 1.57. The lowest BCUT2D eigenvalue weighted by Gasteiger charge is -2.37. The third-order valence-corrected chi connectivity index (χ3v) is 4.18. The third kappa shape index (κ3) is 3.60. The van der Waals surface area contributed by atoms with Crippen molar-refractivity contribution in [1.82, 2.24) is 4.90 Å². The molecule has 2 N–H and O–H groups in total. The van der Waals surface area contributed by atoms with Gasteiger partial charge < -0.3 is 15.3 Å². The maximum absolute atomic E-state index is 12.3. The molecule has 0 aliphatic carbocycles. The summed E-state index contributed by atoms with van der Waals surface area (Å²) < 4.78 is 0. The molecule has 0 bridgehead atoms. The summed E-state index contributed by atoms with van der Waals surface area (Å²) in [6.45, 7) is 2.25. The van der Waals surface area contributed by atoms with Crippen molar-refractivity contribution in [3.63, 3.8) is 0 Å². The molecule has 2 amide bonds. The van der Waals surface area contributed by atoms with Crippen LogP contribution >= 0.6 is 23.2 Å². The van der Waals surface area contributed by atoms with Crippen molar-refractivity contribution < 1.29 is 14.7 Å². The zero-order valence-corrected chi connectivity index (χ0v) is 13.0. The Bertz CT molecular complexity index is 565. The van der Waals surface area contributed by atoms with Crippen LogP contribution in [0, 0.1) is 5.92 Å². The normalized spacial score (nSPS) is 22.0. The number of carbonyl (C=O) groups is 2. The summed E-state index contributed by atoms with van der Waals surface area (Å²) in [5, 5.41) is 12.8. The number of aliphatic carboxylic acids is 1. The predicted octanol–water partition coefficient (Wildman–Crippen LogP) is 3.71. The molecule has 114 valence electrons.